The molecule has 1 aliphatic rings. The van der Waals surface area contributed by atoms with Gasteiger partial charge in [-0.2, -0.15) is 0 Å². The van der Waals surface area contributed by atoms with Gasteiger partial charge in [0.1, 0.15) is 12.4 Å². The number of ether oxygens (including phenoxy) is 1. The molecule has 4 nitrogen and oxygen atoms in total. The fourth-order valence-electron chi connectivity index (χ4n) is 4.01. The molecule has 4 aromatic carbocycles. The summed E-state index contributed by atoms with van der Waals surface area (Å²) in [6.45, 7) is 2.47. The molecule has 0 unspecified atom stereocenters. The number of hydrogen-bond donors (Lipinski definition) is 0. The number of hydrogen-bond acceptors (Lipinski definition) is 4. The maximum atomic E-state index is 13.8. The number of para-hydroxylation sites is 2. The molecule has 0 N–H and O–H groups in total. The van der Waals surface area contributed by atoms with Crippen molar-refractivity contribution in [3.63, 3.8) is 0 Å². The first kappa shape index (κ1) is 25.1. The normalized spacial score (nSPS) is 16.4. The number of halogens is 1. The van der Waals surface area contributed by atoms with Crippen molar-refractivity contribution in [1.29, 1.82) is 0 Å². The first-order valence-corrected chi connectivity index (χ1v) is 13.6. The summed E-state index contributed by atoms with van der Waals surface area (Å²) >= 11 is 4.86. The Morgan fingerprint density at radius 2 is 1.54 bits per heavy atom. The average molecular weight is 570 g/mol. The first-order chi connectivity index (χ1) is 18.1. The van der Waals surface area contributed by atoms with E-state index in [1.54, 1.807) is 4.90 Å². The third kappa shape index (κ3) is 6.04. The van der Waals surface area contributed by atoms with E-state index >= 15 is 0 Å². The van der Waals surface area contributed by atoms with E-state index in [0.29, 0.717) is 16.7 Å². The van der Waals surface area contributed by atoms with Crippen LogP contribution in [0.15, 0.2) is 124 Å². The van der Waals surface area contributed by atoms with Gasteiger partial charge < -0.3 is 4.74 Å². The summed E-state index contributed by atoms with van der Waals surface area (Å²) in [5.41, 5.74) is 3.78. The Kier molecular flexibility index (Phi) is 7.87. The number of carbonyl (C=O) groups is 1. The van der Waals surface area contributed by atoms with Crippen LogP contribution in [0.2, 0.25) is 0 Å². The molecule has 1 aliphatic heterocycles. The highest BCUT2D eigenvalue weighted by Crippen LogP contribution is 2.40. The molecule has 0 radical (unpaired) electrons. The van der Waals surface area contributed by atoms with E-state index in [4.69, 9.17) is 9.73 Å². The van der Waals surface area contributed by atoms with Crippen molar-refractivity contribution < 1.29 is 9.53 Å². The second kappa shape index (κ2) is 11.6. The molecule has 5 rings (SSSR count). The van der Waals surface area contributed by atoms with Gasteiger partial charge in [-0.25, -0.2) is 4.99 Å². The minimum absolute atomic E-state index is 0.0706. The second-order valence-corrected chi connectivity index (χ2v) is 10.5. The van der Waals surface area contributed by atoms with Gasteiger partial charge in [0.2, 0.25) is 0 Å². The highest BCUT2D eigenvalue weighted by Gasteiger charge is 2.37. The van der Waals surface area contributed by atoms with Crippen molar-refractivity contribution in [1.82, 2.24) is 4.90 Å². The van der Waals surface area contributed by atoms with Gasteiger partial charge in [0.25, 0.3) is 5.91 Å². The van der Waals surface area contributed by atoms with Crippen LogP contribution in [0, 0.1) is 0 Å². The highest BCUT2D eigenvalue weighted by molar-refractivity contribution is 9.10. The first-order valence-electron chi connectivity index (χ1n) is 12.0. The van der Waals surface area contributed by atoms with Crippen molar-refractivity contribution in [3.05, 3.63) is 135 Å². The standard InChI is InChI=1S/C31H25BrN2O2S/c1-22(24-10-4-2-5-11-24)34-30(35)29(37-31(34)33-27-13-6-3-7-14-27)20-25-12-8-9-15-28(25)36-21-23-16-18-26(32)19-17-23/h2-20,22H,21H2,1H3/b29-20+,33-31?/t22-/m1/s1. The zero-order valence-corrected chi connectivity index (χ0v) is 22.7. The fourth-order valence-corrected chi connectivity index (χ4v) is 5.34. The van der Waals surface area contributed by atoms with E-state index in [9.17, 15) is 4.79 Å². The molecule has 0 aromatic heterocycles. The molecule has 1 atom stereocenters. The molecular formula is C31H25BrN2O2S. The zero-order chi connectivity index (χ0) is 25.6. The molecule has 0 spiro atoms. The summed E-state index contributed by atoms with van der Waals surface area (Å²) in [7, 11) is 0. The van der Waals surface area contributed by atoms with E-state index in [1.165, 1.54) is 11.8 Å². The largest absolute Gasteiger partial charge is 0.488 e. The molecule has 1 saturated heterocycles. The van der Waals surface area contributed by atoms with Gasteiger partial charge in [-0.05, 0) is 66.2 Å². The molecule has 0 aliphatic carbocycles. The van der Waals surface area contributed by atoms with Gasteiger partial charge in [-0.15, -0.1) is 0 Å². The lowest BCUT2D eigenvalue weighted by Crippen LogP contribution is -2.32. The topological polar surface area (TPSA) is 41.9 Å². The van der Waals surface area contributed by atoms with E-state index in [0.717, 1.165) is 32.6 Å². The summed E-state index contributed by atoms with van der Waals surface area (Å²) in [6.07, 6.45) is 1.90. The van der Waals surface area contributed by atoms with Crippen molar-refractivity contribution >= 4 is 50.5 Å². The summed E-state index contributed by atoms with van der Waals surface area (Å²) in [5.74, 6) is 0.654. The van der Waals surface area contributed by atoms with Crippen LogP contribution in [-0.2, 0) is 11.4 Å². The Morgan fingerprint density at radius 3 is 2.27 bits per heavy atom. The minimum atomic E-state index is -0.168. The second-order valence-electron chi connectivity index (χ2n) is 8.56. The molecule has 1 amide bonds. The number of carbonyl (C=O) groups excluding carboxylic acids is 1. The minimum Gasteiger partial charge on any atom is -0.488 e. The predicted molar refractivity (Wildman–Crippen MR) is 156 cm³/mol. The van der Waals surface area contributed by atoms with E-state index < -0.39 is 0 Å². The van der Waals surface area contributed by atoms with Crippen molar-refractivity contribution in [2.75, 3.05) is 0 Å². The number of nitrogens with zero attached hydrogens (tertiary/aromatic N) is 2. The van der Waals surface area contributed by atoms with Crippen LogP contribution in [-0.4, -0.2) is 16.0 Å². The Bertz CT molecular complexity index is 1440. The lowest BCUT2D eigenvalue weighted by Gasteiger charge is -2.24. The molecule has 1 heterocycles. The molecule has 0 saturated carbocycles. The smallest absolute Gasteiger partial charge is 0.267 e. The quantitative estimate of drug-likeness (QED) is 0.210. The lowest BCUT2D eigenvalue weighted by molar-refractivity contribution is -0.123. The predicted octanol–water partition coefficient (Wildman–Crippen LogP) is 8.39. The summed E-state index contributed by atoms with van der Waals surface area (Å²) in [5, 5.41) is 0.659. The van der Waals surface area contributed by atoms with Gasteiger partial charge in [0, 0.05) is 10.0 Å². The third-order valence-electron chi connectivity index (χ3n) is 6.00. The Labute approximate surface area is 229 Å². The van der Waals surface area contributed by atoms with E-state index in [2.05, 4.69) is 15.9 Å². The molecule has 184 valence electrons. The van der Waals surface area contributed by atoms with Crippen molar-refractivity contribution in [2.45, 2.75) is 19.6 Å². The maximum absolute atomic E-state index is 13.8. The number of aliphatic imine (C=N–C) groups is 1. The van der Waals surface area contributed by atoms with Crippen LogP contribution in [0.25, 0.3) is 6.08 Å². The Morgan fingerprint density at radius 1 is 0.892 bits per heavy atom. The SMILES string of the molecule is C[C@H](c1ccccc1)N1C(=O)/C(=C\c2ccccc2OCc2ccc(Br)cc2)SC1=Nc1ccccc1. The third-order valence-corrected chi connectivity index (χ3v) is 7.51. The summed E-state index contributed by atoms with van der Waals surface area (Å²) in [4.78, 5) is 21.0. The zero-order valence-electron chi connectivity index (χ0n) is 20.3. The Balaban J connectivity index is 1.46. The number of amidine groups is 1. The number of benzene rings is 4. The highest BCUT2D eigenvalue weighted by atomic mass is 79.9. The van der Waals surface area contributed by atoms with Crippen LogP contribution in [0.4, 0.5) is 5.69 Å². The molecule has 4 aromatic rings. The average Bonchev–Trinajstić information content (AvgIpc) is 3.23. The molecule has 1 fully saturated rings. The van der Waals surface area contributed by atoms with Gasteiger partial charge in [0.05, 0.1) is 16.6 Å². The van der Waals surface area contributed by atoms with Crippen molar-refractivity contribution in [2.24, 2.45) is 4.99 Å². The van der Waals surface area contributed by atoms with Crippen LogP contribution in [0.5, 0.6) is 5.75 Å². The van der Waals surface area contributed by atoms with Gasteiger partial charge >= 0.3 is 0 Å². The number of thioether (sulfide) groups is 1. The molecular weight excluding hydrogens is 544 g/mol. The van der Waals surface area contributed by atoms with Crippen LogP contribution < -0.4 is 4.74 Å². The summed E-state index contributed by atoms with van der Waals surface area (Å²) in [6, 6.07) is 35.4. The molecule has 6 heteroatoms. The van der Waals surface area contributed by atoms with Crippen LogP contribution >= 0.6 is 27.7 Å². The van der Waals surface area contributed by atoms with Gasteiger partial charge in [-0.1, -0.05) is 94.8 Å². The number of amides is 1. The summed E-state index contributed by atoms with van der Waals surface area (Å²) < 4.78 is 7.18. The van der Waals surface area contributed by atoms with Gasteiger partial charge in [-0.3, -0.25) is 9.69 Å². The van der Waals surface area contributed by atoms with Crippen LogP contribution in [0.3, 0.4) is 0 Å². The molecule has 0 bridgehead atoms. The lowest BCUT2D eigenvalue weighted by atomic mass is 10.1. The maximum Gasteiger partial charge on any atom is 0.267 e. The van der Waals surface area contributed by atoms with Crippen molar-refractivity contribution in [3.8, 4) is 5.75 Å². The van der Waals surface area contributed by atoms with Gasteiger partial charge in [0.15, 0.2) is 5.17 Å². The van der Waals surface area contributed by atoms with E-state index in [-0.39, 0.29) is 11.9 Å². The van der Waals surface area contributed by atoms with E-state index in [1.807, 2.05) is 122 Å². The monoisotopic (exact) mass is 568 g/mol. The molecule has 37 heavy (non-hydrogen) atoms. The fraction of sp³-hybridized carbons (Fsp3) is 0.0968. The Hall–Kier alpha value is -3.61. The number of rotatable bonds is 7. The van der Waals surface area contributed by atoms with Crippen LogP contribution in [0.1, 0.15) is 29.7 Å².